The summed E-state index contributed by atoms with van der Waals surface area (Å²) in [7, 11) is 0. The fraction of sp³-hybridized carbons (Fsp3) is 0.292. The highest BCUT2D eigenvalue weighted by atomic mass is 32.1. The molecule has 3 aromatic rings. The molecule has 0 radical (unpaired) electrons. The molecule has 0 fully saturated rings. The maximum absolute atomic E-state index is 14.0. The molecule has 2 amide bonds. The van der Waals surface area contributed by atoms with Crippen molar-refractivity contribution in [1.82, 2.24) is 10.3 Å². The van der Waals surface area contributed by atoms with Gasteiger partial charge in [-0.3, -0.25) is 14.9 Å². The lowest BCUT2D eigenvalue weighted by atomic mass is 10.1. The summed E-state index contributed by atoms with van der Waals surface area (Å²) in [5, 5.41) is 4.96. The molecule has 2 N–H and O–H groups in total. The summed E-state index contributed by atoms with van der Waals surface area (Å²) in [6, 6.07) is 9.48. The van der Waals surface area contributed by atoms with E-state index in [1.165, 1.54) is 0 Å². The van der Waals surface area contributed by atoms with Gasteiger partial charge in [0.05, 0.1) is 11.4 Å². The Morgan fingerprint density at radius 2 is 1.69 bits per heavy atom. The molecule has 35 heavy (non-hydrogen) atoms. The molecule has 0 unspecified atom stereocenters. The molecule has 0 aliphatic heterocycles. The summed E-state index contributed by atoms with van der Waals surface area (Å²) < 4.78 is 52.1. The van der Waals surface area contributed by atoms with Crippen molar-refractivity contribution in [2.75, 3.05) is 25.1 Å². The Balaban J connectivity index is 1.92. The molecule has 7 nitrogen and oxygen atoms in total. The minimum atomic E-state index is -1.06. The fourth-order valence-electron chi connectivity index (χ4n) is 3.19. The lowest BCUT2D eigenvalue weighted by Gasteiger charge is -2.17. The molecule has 0 saturated heterocycles. The zero-order valence-electron chi connectivity index (χ0n) is 19.1. The van der Waals surface area contributed by atoms with Gasteiger partial charge in [0.25, 0.3) is 11.8 Å². The van der Waals surface area contributed by atoms with Crippen LogP contribution in [0.4, 0.5) is 18.3 Å². The highest BCUT2D eigenvalue weighted by molar-refractivity contribution is 7.19. The first-order valence-electron chi connectivity index (χ1n) is 10.8. The van der Waals surface area contributed by atoms with Gasteiger partial charge < -0.3 is 14.8 Å². The van der Waals surface area contributed by atoms with E-state index >= 15 is 0 Å². The molecule has 0 atom stereocenters. The first-order valence-corrected chi connectivity index (χ1v) is 11.6. The Labute approximate surface area is 204 Å². The lowest BCUT2D eigenvalue weighted by molar-refractivity contribution is -0.131. The Hall–Kier alpha value is -3.28. The zero-order valence-corrected chi connectivity index (χ0v) is 19.9. The van der Waals surface area contributed by atoms with E-state index in [2.05, 4.69) is 15.6 Å². The van der Waals surface area contributed by atoms with Gasteiger partial charge in [0.1, 0.15) is 29.6 Å². The Kier molecular flexibility index (Phi) is 9.35. The van der Waals surface area contributed by atoms with Crippen LogP contribution in [0.25, 0.3) is 10.4 Å². The molecule has 0 bridgehead atoms. The van der Waals surface area contributed by atoms with Gasteiger partial charge in [-0.05, 0) is 43.2 Å². The summed E-state index contributed by atoms with van der Waals surface area (Å²) in [5.41, 5.74) is 0.0496. The van der Waals surface area contributed by atoms with Crippen LogP contribution in [0.15, 0.2) is 42.5 Å². The molecule has 1 heterocycles. The van der Waals surface area contributed by atoms with E-state index in [1.54, 1.807) is 38.1 Å². The molecule has 0 aliphatic rings. The number of amides is 2. The van der Waals surface area contributed by atoms with Crippen molar-refractivity contribution in [3.05, 3.63) is 70.9 Å². The van der Waals surface area contributed by atoms with Crippen LogP contribution in [0.5, 0.6) is 0 Å². The van der Waals surface area contributed by atoms with Crippen LogP contribution < -0.4 is 10.6 Å². The topological polar surface area (TPSA) is 89.5 Å². The first kappa shape index (κ1) is 26.3. The Morgan fingerprint density at radius 1 is 1.03 bits per heavy atom. The number of aromatic nitrogens is 1. The molecule has 2 aromatic carbocycles. The van der Waals surface area contributed by atoms with Crippen molar-refractivity contribution in [3.63, 3.8) is 0 Å². The number of alkyl halides is 1. The van der Waals surface area contributed by atoms with Gasteiger partial charge in [0.15, 0.2) is 11.4 Å². The second-order valence-corrected chi connectivity index (χ2v) is 8.13. The van der Waals surface area contributed by atoms with Gasteiger partial charge >= 0.3 is 0 Å². The van der Waals surface area contributed by atoms with Gasteiger partial charge in [-0.2, -0.15) is 0 Å². The average Bonchev–Trinajstić information content (AvgIpc) is 3.26. The van der Waals surface area contributed by atoms with Gasteiger partial charge in [0.2, 0.25) is 0 Å². The highest BCUT2D eigenvalue weighted by Gasteiger charge is 2.24. The predicted octanol–water partition coefficient (Wildman–Crippen LogP) is 4.94. The van der Waals surface area contributed by atoms with E-state index in [4.69, 9.17) is 9.47 Å². The van der Waals surface area contributed by atoms with Crippen molar-refractivity contribution in [3.8, 4) is 10.4 Å². The molecule has 11 heteroatoms. The highest BCUT2D eigenvalue weighted by Crippen LogP contribution is 2.34. The van der Waals surface area contributed by atoms with Crippen molar-refractivity contribution in [2.45, 2.75) is 26.8 Å². The molecule has 1 aromatic heterocycles. The number of rotatable bonds is 11. The van der Waals surface area contributed by atoms with Crippen molar-refractivity contribution < 1.29 is 32.2 Å². The number of carbonyl (C=O) groups excluding carboxylic acids is 2. The number of carbonyl (C=O) groups is 2. The summed E-state index contributed by atoms with van der Waals surface area (Å²) >= 11 is 0.916. The van der Waals surface area contributed by atoms with Crippen LogP contribution in [0, 0.1) is 11.6 Å². The lowest BCUT2D eigenvalue weighted by Crippen LogP contribution is -2.35. The summed E-state index contributed by atoms with van der Waals surface area (Å²) in [5.74, 6) is -3.72. The predicted molar refractivity (Wildman–Crippen MR) is 126 cm³/mol. The normalized spacial score (nSPS) is 11.0. The molecule has 3 rings (SSSR count). The number of thiazole rings is 1. The SMILES string of the molecule is CCOC(CNC(=O)c1nc(NC(=O)c2c(F)cccc2F)sc1-c1cccc(CF)c1)OCC. The van der Waals surface area contributed by atoms with Gasteiger partial charge in [-0.15, -0.1) is 0 Å². The van der Waals surface area contributed by atoms with E-state index in [-0.39, 0.29) is 17.4 Å². The number of anilines is 1. The second kappa shape index (κ2) is 12.4. The number of nitrogens with one attached hydrogen (secondary N) is 2. The van der Waals surface area contributed by atoms with E-state index in [0.29, 0.717) is 29.2 Å². The molecule has 0 aliphatic carbocycles. The van der Waals surface area contributed by atoms with Crippen LogP contribution in [0.2, 0.25) is 0 Å². The largest absolute Gasteiger partial charge is 0.351 e. The Bertz CT molecular complexity index is 1160. The van der Waals surface area contributed by atoms with Crippen LogP contribution in [-0.4, -0.2) is 42.8 Å². The summed E-state index contributed by atoms with van der Waals surface area (Å²) in [4.78, 5) is 30.1. The number of ether oxygens (including phenoxy) is 2. The molecular formula is C24H24F3N3O4S. The van der Waals surface area contributed by atoms with Crippen molar-refractivity contribution >= 4 is 28.3 Å². The molecule has 186 valence electrons. The number of benzene rings is 2. The second-order valence-electron chi connectivity index (χ2n) is 7.13. The quantitative estimate of drug-likeness (QED) is 0.359. The van der Waals surface area contributed by atoms with E-state index in [9.17, 15) is 22.8 Å². The van der Waals surface area contributed by atoms with Crippen LogP contribution in [0.1, 0.15) is 40.3 Å². The van der Waals surface area contributed by atoms with E-state index in [0.717, 1.165) is 29.5 Å². The smallest absolute Gasteiger partial charge is 0.271 e. The molecule has 0 spiro atoms. The third kappa shape index (κ3) is 6.65. The number of hydrogen-bond acceptors (Lipinski definition) is 6. The molecular weight excluding hydrogens is 483 g/mol. The summed E-state index contributed by atoms with van der Waals surface area (Å²) in [6.45, 7) is 3.65. The monoisotopic (exact) mass is 507 g/mol. The summed E-state index contributed by atoms with van der Waals surface area (Å²) in [6.07, 6.45) is -0.672. The molecule has 0 saturated carbocycles. The number of hydrogen-bond donors (Lipinski definition) is 2. The van der Waals surface area contributed by atoms with Gasteiger partial charge in [-0.1, -0.05) is 35.6 Å². The minimum absolute atomic E-state index is 0.0319. The third-order valence-corrected chi connectivity index (χ3v) is 5.75. The van der Waals surface area contributed by atoms with Crippen LogP contribution in [0.3, 0.4) is 0 Å². The van der Waals surface area contributed by atoms with Crippen LogP contribution >= 0.6 is 11.3 Å². The minimum Gasteiger partial charge on any atom is -0.351 e. The number of halogens is 3. The van der Waals surface area contributed by atoms with Crippen molar-refractivity contribution in [1.29, 1.82) is 0 Å². The Morgan fingerprint density at radius 3 is 2.31 bits per heavy atom. The van der Waals surface area contributed by atoms with E-state index in [1.807, 2.05) is 0 Å². The van der Waals surface area contributed by atoms with E-state index < -0.39 is 42.0 Å². The van der Waals surface area contributed by atoms with Crippen molar-refractivity contribution in [2.24, 2.45) is 0 Å². The number of nitrogens with zero attached hydrogens (tertiary/aromatic N) is 1. The van der Waals surface area contributed by atoms with Gasteiger partial charge in [-0.25, -0.2) is 18.2 Å². The standard InChI is InChI=1S/C24H24F3N3O4S/c1-3-33-18(34-4-2)13-28-23(32)20-21(15-8-5-7-14(11-15)12-25)35-24(29-20)30-22(31)19-16(26)9-6-10-17(19)27/h5-11,18H,3-4,12-13H2,1-2H3,(H,28,32)(H,29,30,31). The van der Waals surface area contributed by atoms with Gasteiger partial charge in [0, 0.05) is 13.2 Å². The maximum Gasteiger partial charge on any atom is 0.271 e. The first-order chi connectivity index (χ1) is 16.9. The van der Waals surface area contributed by atoms with Crippen LogP contribution in [-0.2, 0) is 16.1 Å². The fourth-order valence-corrected chi connectivity index (χ4v) is 4.14. The third-order valence-electron chi connectivity index (χ3n) is 4.73. The zero-order chi connectivity index (χ0) is 25.4. The maximum atomic E-state index is 14.0. The average molecular weight is 508 g/mol.